The molecule has 1 unspecified atom stereocenters. The Morgan fingerprint density at radius 3 is 2.45 bits per heavy atom. The molecule has 2 aromatic rings. The van der Waals surface area contributed by atoms with Crippen LogP contribution in [0.15, 0.2) is 42.5 Å². The third-order valence-corrected chi connectivity index (χ3v) is 3.00. The smallest absolute Gasteiger partial charge is 0.187 e. The van der Waals surface area contributed by atoms with Gasteiger partial charge in [0.05, 0.1) is 11.6 Å². The number of hydrogen-bond donors (Lipinski definition) is 0. The Morgan fingerprint density at radius 2 is 1.85 bits per heavy atom. The van der Waals surface area contributed by atoms with E-state index in [9.17, 15) is 13.6 Å². The van der Waals surface area contributed by atoms with Crippen LogP contribution in [0.1, 0.15) is 27.4 Å². The number of halogens is 2. The van der Waals surface area contributed by atoms with Gasteiger partial charge in [-0.25, -0.2) is 8.78 Å². The Kier molecular flexibility index (Phi) is 3.90. The second-order valence-electron chi connectivity index (χ2n) is 4.43. The number of nitriles is 1. The van der Waals surface area contributed by atoms with E-state index in [-0.39, 0.29) is 11.1 Å². The van der Waals surface area contributed by atoms with E-state index in [1.165, 1.54) is 36.4 Å². The summed E-state index contributed by atoms with van der Waals surface area (Å²) >= 11 is 0. The highest BCUT2D eigenvalue weighted by Crippen LogP contribution is 2.24. The number of Topliss-reactive ketones (excluding diaryl/α,β-unsaturated/α-hetero) is 1. The van der Waals surface area contributed by atoms with Crippen LogP contribution in [0.4, 0.5) is 8.78 Å². The predicted molar refractivity (Wildman–Crippen MR) is 70.2 cm³/mol. The number of ketones is 1. The minimum absolute atomic E-state index is 0.0417. The zero-order valence-electron chi connectivity index (χ0n) is 10.7. The molecule has 0 aromatic heterocycles. The summed E-state index contributed by atoms with van der Waals surface area (Å²) < 4.78 is 27.5. The highest BCUT2D eigenvalue weighted by molar-refractivity contribution is 6.03. The predicted octanol–water partition coefficient (Wildman–Crippen LogP) is 3.76. The van der Waals surface area contributed by atoms with Gasteiger partial charge in [0.25, 0.3) is 0 Å². The van der Waals surface area contributed by atoms with Gasteiger partial charge in [0, 0.05) is 5.56 Å². The Hall–Kier alpha value is -2.54. The minimum atomic E-state index is -1.35. The lowest BCUT2D eigenvalue weighted by atomic mass is 9.91. The van der Waals surface area contributed by atoms with Crippen LogP contribution >= 0.6 is 0 Å². The van der Waals surface area contributed by atoms with Crippen molar-refractivity contribution in [2.24, 2.45) is 0 Å². The van der Waals surface area contributed by atoms with E-state index in [1.807, 2.05) is 0 Å². The Labute approximate surface area is 115 Å². The van der Waals surface area contributed by atoms with Crippen LogP contribution in [0.25, 0.3) is 0 Å². The summed E-state index contributed by atoms with van der Waals surface area (Å²) in [4.78, 5) is 12.2. The zero-order valence-corrected chi connectivity index (χ0v) is 10.7. The van der Waals surface area contributed by atoms with Gasteiger partial charge in [-0.2, -0.15) is 5.26 Å². The van der Waals surface area contributed by atoms with Crippen molar-refractivity contribution in [2.45, 2.75) is 12.8 Å². The van der Waals surface area contributed by atoms with Gasteiger partial charge < -0.3 is 0 Å². The van der Waals surface area contributed by atoms with E-state index in [0.29, 0.717) is 5.56 Å². The minimum Gasteiger partial charge on any atom is -0.292 e. The van der Waals surface area contributed by atoms with E-state index in [1.54, 1.807) is 19.1 Å². The van der Waals surface area contributed by atoms with Gasteiger partial charge in [0.2, 0.25) is 0 Å². The molecule has 0 saturated heterocycles. The van der Waals surface area contributed by atoms with Crippen molar-refractivity contribution in [1.29, 1.82) is 5.26 Å². The molecule has 0 radical (unpaired) electrons. The normalized spacial score (nSPS) is 11.7. The highest BCUT2D eigenvalue weighted by Gasteiger charge is 2.26. The van der Waals surface area contributed by atoms with Crippen molar-refractivity contribution in [3.8, 4) is 6.07 Å². The zero-order chi connectivity index (χ0) is 14.7. The van der Waals surface area contributed by atoms with Gasteiger partial charge in [0.15, 0.2) is 5.78 Å². The molecular weight excluding hydrogens is 260 g/mol. The van der Waals surface area contributed by atoms with Gasteiger partial charge in [-0.05, 0) is 30.7 Å². The number of rotatable bonds is 3. The molecule has 0 fully saturated rings. The fraction of sp³-hybridized carbons (Fsp3) is 0.125. The molecule has 2 aromatic carbocycles. The number of hydrogen-bond acceptors (Lipinski definition) is 2. The van der Waals surface area contributed by atoms with Crippen LogP contribution in [-0.4, -0.2) is 5.78 Å². The molecule has 0 aliphatic heterocycles. The van der Waals surface area contributed by atoms with Gasteiger partial charge >= 0.3 is 0 Å². The Bertz CT molecular complexity index is 704. The molecule has 20 heavy (non-hydrogen) atoms. The van der Waals surface area contributed by atoms with Crippen LogP contribution in [0.2, 0.25) is 0 Å². The molecule has 2 nitrogen and oxygen atoms in total. The molecule has 0 amide bonds. The number of carbonyl (C=O) groups excluding carboxylic acids is 1. The van der Waals surface area contributed by atoms with Crippen molar-refractivity contribution in [3.63, 3.8) is 0 Å². The first kappa shape index (κ1) is 13.9. The van der Waals surface area contributed by atoms with Crippen molar-refractivity contribution in [1.82, 2.24) is 0 Å². The molecule has 100 valence electrons. The molecular formula is C16H11F2NO. The van der Waals surface area contributed by atoms with Crippen molar-refractivity contribution in [2.75, 3.05) is 0 Å². The van der Waals surface area contributed by atoms with E-state index in [2.05, 4.69) is 0 Å². The summed E-state index contributed by atoms with van der Waals surface area (Å²) in [5.74, 6) is -3.45. The largest absolute Gasteiger partial charge is 0.292 e. The number of carbonyl (C=O) groups is 1. The first-order valence-corrected chi connectivity index (χ1v) is 5.99. The molecule has 0 N–H and O–H groups in total. The highest BCUT2D eigenvalue weighted by atomic mass is 19.1. The van der Waals surface area contributed by atoms with Crippen LogP contribution in [0.5, 0.6) is 0 Å². The second-order valence-corrected chi connectivity index (χ2v) is 4.43. The first-order chi connectivity index (χ1) is 9.54. The average molecular weight is 271 g/mol. The SMILES string of the molecule is Cc1ccc(C(=O)C(C#N)c2ccccc2F)c(F)c1. The molecule has 1 atom stereocenters. The Morgan fingerprint density at radius 1 is 1.15 bits per heavy atom. The molecule has 0 saturated carbocycles. The van der Waals surface area contributed by atoms with Gasteiger partial charge in [-0.15, -0.1) is 0 Å². The lowest BCUT2D eigenvalue weighted by Crippen LogP contribution is -2.14. The van der Waals surface area contributed by atoms with Crippen molar-refractivity contribution >= 4 is 5.78 Å². The third kappa shape index (κ3) is 2.57. The maximum Gasteiger partial charge on any atom is 0.187 e. The van der Waals surface area contributed by atoms with Crippen LogP contribution < -0.4 is 0 Å². The third-order valence-electron chi connectivity index (χ3n) is 3.00. The monoisotopic (exact) mass is 271 g/mol. The Balaban J connectivity index is 2.45. The molecule has 0 heterocycles. The summed E-state index contributed by atoms with van der Waals surface area (Å²) in [5.41, 5.74) is 0.420. The summed E-state index contributed by atoms with van der Waals surface area (Å²) in [5, 5.41) is 9.12. The van der Waals surface area contributed by atoms with E-state index in [4.69, 9.17) is 5.26 Å². The van der Waals surface area contributed by atoms with Gasteiger partial charge in [-0.1, -0.05) is 24.3 Å². The molecule has 4 heteroatoms. The van der Waals surface area contributed by atoms with Gasteiger partial charge in [0.1, 0.15) is 17.6 Å². The van der Waals surface area contributed by atoms with E-state index >= 15 is 0 Å². The summed E-state index contributed by atoms with van der Waals surface area (Å²) in [6, 6.07) is 11.4. The molecule has 2 rings (SSSR count). The lowest BCUT2D eigenvalue weighted by molar-refractivity contribution is 0.0973. The fourth-order valence-electron chi connectivity index (χ4n) is 1.95. The lowest BCUT2D eigenvalue weighted by Gasteiger charge is -2.10. The topological polar surface area (TPSA) is 40.9 Å². The molecule has 0 aliphatic carbocycles. The second kappa shape index (κ2) is 5.62. The quantitative estimate of drug-likeness (QED) is 0.797. The number of benzene rings is 2. The molecule has 0 bridgehead atoms. The standard InChI is InChI=1S/C16H11F2NO/c1-10-6-7-12(15(18)8-10)16(20)13(9-19)11-4-2-3-5-14(11)17/h2-8,13H,1H3. The molecule has 0 aliphatic rings. The van der Waals surface area contributed by atoms with E-state index < -0.39 is 23.3 Å². The summed E-state index contributed by atoms with van der Waals surface area (Å²) in [6.45, 7) is 1.69. The number of nitrogens with zero attached hydrogens (tertiary/aromatic N) is 1. The van der Waals surface area contributed by atoms with Gasteiger partial charge in [-0.3, -0.25) is 4.79 Å². The maximum atomic E-state index is 13.8. The van der Waals surface area contributed by atoms with Crippen molar-refractivity contribution in [3.05, 3.63) is 70.8 Å². The summed E-state index contributed by atoms with van der Waals surface area (Å²) in [7, 11) is 0. The van der Waals surface area contributed by atoms with Crippen LogP contribution in [0, 0.1) is 29.9 Å². The molecule has 0 spiro atoms. The first-order valence-electron chi connectivity index (χ1n) is 5.99. The maximum absolute atomic E-state index is 13.8. The van der Waals surface area contributed by atoms with Crippen LogP contribution in [0.3, 0.4) is 0 Å². The van der Waals surface area contributed by atoms with E-state index in [0.717, 1.165) is 0 Å². The fourth-order valence-corrected chi connectivity index (χ4v) is 1.95. The number of aryl methyl sites for hydroxylation is 1. The summed E-state index contributed by atoms with van der Waals surface area (Å²) in [6.07, 6.45) is 0. The van der Waals surface area contributed by atoms with Crippen molar-refractivity contribution < 1.29 is 13.6 Å². The average Bonchev–Trinajstić information content (AvgIpc) is 2.41. The van der Waals surface area contributed by atoms with Crippen LogP contribution in [-0.2, 0) is 0 Å².